The summed E-state index contributed by atoms with van der Waals surface area (Å²) in [5.74, 6) is 0. The van der Waals surface area contributed by atoms with Crippen molar-refractivity contribution in [2.24, 2.45) is 10.8 Å². The molecular weight excluding hydrogens is 584 g/mol. The Morgan fingerprint density at radius 2 is 1.45 bits per heavy atom. The second-order valence-electron chi connectivity index (χ2n) is 14.3. The second kappa shape index (κ2) is 10.7. The van der Waals surface area contributed by atoms with Crippen molar-refractivity contribution in [1.82, 2.24) is 0 Å². The molecule has 0 saturated carbocycles. The van der Waals surface area contributed by atoms with Gasteiger partial charge in [0, 0.05) is 0 Å². The minimum atomic E-state index is -1.33. The van der Waals surface area contributed by atoms with E-state index in [0.29, 0.717) is 0 Å². The maximum absolute atomic E-state index is 2.56. The first-order chi connectivity index (χ1) is 19.9. The van der Waals surface area contributed by atoms with E-state index in [4.69, 9.17) is 0 Å². The molecule has 0 fully saturated rings. The van der Waals surface area contributed by atoms with Crippen molar-refractivity contribution < 1.29 is 22.8 Å². The van der Waals surface area contributed by atoms with Crippen LogP contribution in [-0.4, -0.2) is 3.21 Å². The Morgan fingerprint density at radius 3 is 1.98 bits per heavy atom. The Balaban J connectivity index is 1.81. The van der Waals surface area contributed by atoms with Crippen molar-refractivity contribution in [3.8, 4) is 0 Å². The molecule has 0 radical (unpaired) electrons. The summed E-state index contributed by atoms with van der Waals surface area (Å²) >= 11 is -1.33. The molecule has 42 heavy (non-hydrogen) atoms. The van der Waals surface area contributed by atoms with Crippen LogP contribution >= 0.6 is 0 Å². The van der Waals surface area contributed by atoms with E-state index in [0.717, 1.165) is 6.42 Å². The van der Waals surface area contributed by atoms with Crippen LogP contribution in [0.3, 0.4) is 0 Å². The van der Waals surface area contributed by atoms with E-state index >= 15 is 0 Å². The molecular formula is C41H43Zr. The van der Waals surface area contributed by atoms with Gasteiger partial charge in [0.1, 0.15) is 0 Å². The molecule has 3 aromatic rings. The second-order valence-corrected chi connectivity index (χ2v) is 17.4. The van der Waals surface area contributed by atoms with Gasteiger partial charge in [-0.2, -0.15) is 0 Å². The number of fused-ring (bicyclic) bond motifs is 2. The van der Waals surface area contributed by atoms with Gasteiger partial charge >= 0.3 is 265 Å². The van der Waals surface area contributed by atoms with Crippen LogP contribution < -0.4 is 10.4 Å². The van der Waals surface area contributed by atoms with E-state index in [1.807, 2.05) is 0 Å². The van der Waals surface area contributed by atoms with Crippen LogP contribution in [0.5, 0.6) is 0 Å². The molecule has 1 atom stereocenters. The molecule has 0 heterocycles. The summed E-state index contributed by atoms with van der Waals surface area (Å²) in [6.45, 7) is 19.1. The molecule has 0 aliphatic heterocycles. The summed E-state index contributed by atoms with van der Waals surface area (Å²) in [5, 5.41) is 2.96. The zero-order valence-corrected chi connectivity index (χ0v) is 29.0. The molecule has 0 amide bonds. The molecule has 1 heteroatoms. The third kappa shape index (κ3) is 4.93. The molecule has 0 nitrogen and oxygen atoms in total. The van der Waals surface area contributed by atoms with Gasteiger partial charge in [0.25, 0.3) is 0 Å². The fraction of sp³-hybridized carbons (Fsp3) is 0.293. The fourth-order valence-corrected chi connectivity index (χ4v) is 10.6. The van der Waals surface area contributed by atoms with Crippen molar-refractivity contribution in [1.29, 1.82) is 0 Å². The van der Waals surface area contributed by atoms with E-state index < -0.39 is 22.8 Å². The molecule has 6 rings (SSSR count). The van der Waals surface area contributed by atoms with Crippen LogP contribution in [0.25, 0.3) is 8.85 Å². The van der Waals surface area contributed by atoms with Gasteiger partial charge in [0.2, 0.25) is 0 Å². The Bertz CT molecular complexity index is 1800. The first-order valence-electron chi connectivity index (χ1n) is 15.4. The van der Waals surface area contributed by atoms with E-state index in [1.54, 1.807) is 17.6 Å². The van der Waals surface area contributed by atoms with Gasteiger partial charge < -0.3 is 0 Å². The third-order valence-corrected chi connectivity index (χ3v) is 13.6. The van der Waals surface area contributed by atoms with E-state index in [-0.39, 0.29) is 16.2 Å². The number of aryl methyl sites for hydroxylation is 1. The molecule has 0 N–H and O–H groups in total. The molecule has 1 unspecified atom stereocenters. The standard InChI is InChI=1S/C28H33.C13H10.Zr/c1-18-15-21(26(2,3)4)16-20-17-23-22(24(18)20)13-14-28(8,27(5,6)7)25(23)19-11-9-10-12-19;1-3-7-12(8-4-1)11-13-9-5-2-6-10-13;/h9-11,13-16H,12H2,1-8H3;1-10H;. The van der Waals surface area contributed by atoms with Gasteiger partial charge in [-0.3, -0.25) is 0 Å². The third-order valence-electron chi connectivity index (χ3n) is 9.64. The van der Waals surface area contributed by atoms with Crippen LogP contribution in [0.1, 0.15) is 77.1 Å². The fourth-order valence-electron chi connectivity index (χ4n) is 6.72. The van der Waals surface area contributed by atoms with Crippen LogP contribution in [-0.2, 0) is 28.2 Å². The normalized spacial score (nSPS) is 19.6. The van der Waals surface area contributed by atoms with Crippen LogP contribution in [0.15, 0.2) is 120 Å². The monoisotopic (exact) mass is 625 g/mol. The molecule has 3 aromatic carbocycles. The quantitative estimate of drug-likeness (QED) is 0.272. The number of rotatable bonds is 4. The molecule has 0 spiro atoms. The van der Waals surface area contributed by atoms with E-state index in [2.05, 4.69) is 159 Å². The van der Waals surface area contributed by atoms with Gasteiger partial charge in [-0.25, -0.2) is 0 Å². The first-order valence-corrected chi connectivity index (χ1v) is 17.8. The summed E-state index contributed by atoms with van der Waals surface area (Å²) < 4.78 is 3.20. The Labute approximate surface area is 264 Å². The predicted octanol–water partition coefficient (Wildman–Crippen LogP) is 8.72. The van der Waals surface area contributed by atoms with Crippen molar-refractivity contribution in [2.75, 3.05) is 0 Å². The van der Waals surface area contributed by atoms with Crippen molar-refractivity contribution in [3.63, 3.8) is 0 Å². The van der Waals surface area contributed by atoms with Gasteiger partial charge in [-0.05, 0) is 0 Å². The average molecular weight is 627 g/mol. The predicted molar refractivity (Wildman–Crippen MR) is 178 cm³/mol. The zero-order chi connectivity index (χ0) is 29.9. The van der Waals surface area contributed by atoms with Gasteiger partial charge in [-0.1, -0.05) is 0 Å². The summed E-state index contributed by atoms with van der Waals surface area (Å²) in [7, 11) is 0. The molecule has 3 aliphatic rings. The summed E-state index contributed by atoms with van der Waals surface area (Å²) in [6, 6.07) is 27.4. The van der Waals surface area contributed by atoms with Crippen LogP contribution in [0.2, 0.25) is 0 Å². The van der Waals surface area contributed by atoms with E-state index in [9.17, 15) is 0 Å². The Morgan fingerprint density at radius 1 is 0.833 bits per heavy atom. The minimum absolute atomic E-state index is 0.0722. The summed E-state index contributed by atoms with van der Waals surface area (Å²) in [4.78, 5) is 0. The number of benzene rings is 3. The van der Waals surface area contributed by atoms with Gasteiger partial charge in [0.15, 0.2) is 0 Å². The Kier molecular flexibility index (Phi) is 7.42. The van der Waals surface area contributed by atoms with Crippen LogP contribution in [0.4, 0.5) is 0 Å². The Hall–Kier alpha value is -2.89. The first kappa shape index (κ1) is 29.2. The van der Waals surface area contributed by atoms with Crippen molar-refractivity contribution in [2.45, 2.75) is 67.2 Å². The van der Waals surface area contributed by atoms with Gasteiger partial charge in [-0.15, -0.1) is 0 Å². The topological polar surface area (TPSA) is 0 Å². The molecule has 3 aliphatic carbocycles. The van der Waals surface area contributed by atoms with Crippen molar-refractivity contribution >= 4 is 12.1 Å². The zero-order valence-electron chi connectivity index (χ0n) is 26.5. The number of hydrogen-bond donors (Lipinski definition) is 0. The average Bonchev–Trinajstić information content (AvgIpc) is 3.58. The van der Waals surface area contributed by atoms with Crippen molar-refractivity contribution in [3.05, 3.63) is 153 Å². The van der Waals surface area contributed by atoms with Gasteiger partial charge in [0.05, 0.1) is 0 Å². The maximum atomic E-state index is 2.56. The summed E-state index contributed by atoms with van der Waals surface area (Å²) in [5.41, 5.74) is 11.7. The van der Waals surface area contributed by atoms with Crippen LogP contribution in [0, 0.1) is 17.8 Å². The summed E-state index contributed by atoms with van der Waals surface area (Å²) in [6.07, 6.45) is 13.0. The number of hydrogen-bond acceptors (Lipinski definition) is 0. The molecule has 0 bridgehead atoms. The SMILES string of the molecule is Cc1cc(C(C)(C)C)cc2c1=C1C=CC(C)(C(C)(C)C)C(C3=CC=CC3)=C1[C]=2[Zr]=[C](c1ccccc1)c1ccccc1. The molecule has 0 aromatic heterocycles. The number of allylic oxidation sites excluding steroid dienone is 8. The molecule has 211 valence electrons. The van der Waals surface area contributed by atoms with E-state index in [1.165, 1.54) is 43.8 Å². The molecule has 0 saturated heterocycles.